The standard InChI is InChI=1S/C11H7ClFNO3/c1-5-2-3-6(13)9(10(5)12)7-4-8(11(15)16)17-14-7/h2-4H,1H3,(H,15,16). The van der Waals surface area contributed by atoms with E-state index in [1.54, 1.807) is 6.92 Å². The molecule has 0 unspecified atom stereocenters. The molecule has 0 aliphatic heterocycles. The molecule has 0 bridgehead atoms. The molecule has 1 N–H and O–H groups in total. The third-order valence-corrected chi connectivity index (χ3v) is 2.75. The van der Waals surface area contributed by atoms with Gasteiger partial charge in [-0.25, -0.2) is 9.18 Å². The predicted octanol–water partition coefficient (Wildman–Crippen LogP) is 3.14. The van der Waals surface area contributed by atoms with Gasteiger partial charge in [-0.1, -0.05) is 22.8 Å². The van der Waals surface area contributed by atoms with Gasteiger partial charge >= 0.3 is 5.97 Å². The Balaban J connectivity index is 2.60. The van der Waals surface area contributed by atoms with Crippen molar-refractivity contribution in [1.29, 1.82) is 0 Å². The maximum Gasteiger partial charge on any atom is 0.374 e. The molecule has 17 heavy (non-hydrogen) atoms. The SMILES string of the molecule is Cc1ccc(F)c(-c2cc(C(=O)O)on2)c1Cl. The van der Waals surface area contributed by atoms with E-state index < -0.39 is 11.8 Å². The molecule has 0 aliphatic carbocycles. The Morgan fingerprint density at radius 1 is 1.53 bits per heavy atom. The number of nitrogens with zero attached hydrogens (tertiary/aromatic N) is 1. The Labute approximate surface area is 101 Å². The minimum Gasteiger partial charge on any atom is -0.475 e. The fraction of sp³-hybridized carbons (Fsp3) is 0.0909. The third-order valence-electron chi connectivity index (χ3n) is 2.26. The Kier molecular flexibility index (Phi) is 2.85. The summed E-state index contributed by atoms with van der Waals surface area (Å²) in [7, 11) is 0. The van der Waals surface area contributed by atoms with E-state index in [2.05, 4.69) is 9.68 Å². The van der Waals surface area contributed by atoms with Crippen LogP contribution in [0.4, 0.5) is 4.39 Å². The number of carboxylic acids is 1. The second-order valence-electron chi connectivity index (χ2n) is 3.43. The van der Waals surface area contributed by atoms with E-state index in [4.69, 9.17) is 16.7 Å². The highest BCUT2D eigenvalue weighted by molar-refractivity contribution is 6.34. The molecule has 0 saturated heterocycles. The number of benzene rings is 1. The number of hydrogen-bond donors (Lipinski definition) is 1. The summed E-state index contributed by atoms with van der Waals surface area (Å²) in [6.45, 7) is 1.71. The largest absolute Gasteiger partial charge is 0.475 e. The van der Waals surface area contributed by atoms with Crippen molar-refractivity contribution in [3.05, 3.63) is 40.4 Å². The average Bonchev–Trinajstić information content (AvgIpc) is 2.73. The molecule has 1 aromatic heterocycles. The highest BCUT2D eigenvalue weighted by Crippen LogP contribution is 2.32. The quantitative estimate of drug-likeness (QED) is 0.895. The van der Waals surface area contributed by atoms with Gasteiger partial charge in [-0.2, -0.15) is 0 Å². The van der Waals surface area contributed by atoms with Gasteiger partial charge < -0.3 is 9.63 Å². The van der Waals surface area contributed by atoms with Gasteiger partial charge in [0.1, 0.15) is 11.5 Å². The monoisotopic (exact) mass is 255 g/mol. The molecule has 6 heteroatoms. The van der Waals surface area contributed by atoms with Crippen LogP contribution >= 0.6 is 11.6 Å². The Bertz CT molecular complexity index is 594. The van der Waals surface area contributed by atoms with Crippen LogP contribution in [0.25, 0.3) is 11.3 Å². The summed E-state index contributed by atoms with van der Waals surface area (Å²) >= 11 is 5.95. The fourth-order valence-corrected chi connectivity index (χ4v) is 1.64. The lowest BCUT2D eigenvalue weighted by molar-refractivity contribution is 0.0652. The first-order valence-electron chi connectivity index (χ1n) is 4.65. The van der Waals surface area contributed by atoms with Crippen LogP contribution in [0.15, 0.2) is 22.7 Å². The van der Waals surface area contributed by atoms with E-state index in [-0.39, 0.29) is 22.0 Å². The number of rotatable bonds is 2. The van der Waals surface area contributed by atoms with Crippen molar-refractivity contribution in [2.45, 2.75) is 6.92 Å². The van der Waals surface area contributed by atoms with E-state index in [1.165, 1.54) is 12.1 Å². The number of halogens is 2. The van der Waals surface area contributed by atoms with E-state index in [0.717, 1.165) is 6.07 Å². The Morgan fingerprint density at radius 3 is 2.82 bits per heavy atom. The zero-order chi connectivity index (χ0) is 12.6. The molecule has 2 aromatic rings. The summed E-state index contributed by atoms with van der Waals surface area (Å²) in [6.07, 6.45) is 0. The van der Waals surface area contributed by atoms with Crippen molar-refractivity contribution in [1.82, 2.24) is 5.16 Å². The van der Waals surface area contributed by atoms with Crippen molar-refractivity contribution in [3.63, 3.8) is 0 Å². The van der Waals surface area contributed by atoms with E-state index in [0.29, 0.717) is 5.56 Å². The van der Waals surface area contributed by atoms with Crippen LogP contribution in [-0.2, 0) is 0 Å². The smallest absolute Gasteiger partial charge is 0.374 e. The number of aryl methyl sites for hydroxylation is 1. The maximum absolute atomic E-state index is 13.6. The summed E-state index contributed by atoms with van der Waals surface area (Å²) in [5.41, 5.74) is 0.777. The summed E-state index contributed by atoms with van der Waals surface area (Å²) in [5, 5.41) is 12.4. The van der Waals surface area contributed by atoms with Crippen LogP contribution in [0.5, 0.6) is 0 Å². The van der Waals surface area contributed by atoms with Gasteiger partial charge in [-0.15, -0.1) is 0 Å². The number of carboxylic acid groups (broad SMARTS) is 1. The first-order chi connectivity index (χ1) is 8.00. The molecule has 0 aliphatic rings. The van der Waals surface area contributed by atoms with Crippen LogP contribution < -0.4 is 0 Å². The lowest BCUT2D eigenvalue weighted by Crippen LogP contribution is -1.92. The van der Waals surface area contributed by atoms with Crippen LogP contribution in [0, 0.1) is 12.7 Å². The highest BCUT2D eigenvalue weighted by atomic mass is 35.5. The molecule has 0 radical (unpaired) electrons. The number of aromatic carboxylic acids is 1. The Hall–Kier alpha value is -1.88. The minimum absolute atomic E-state index is 0.0444. The third kappa shape index (κ3) is 2.01. The first kappa shape index (κ1) is 11.6. The van der Waals surface area contributed by atoms with E-state index in [9.17, 15) is 9.18 Å². The van der Waals surface area contributed by atoms with Crippen molar-refractivity contribution < 1.29 is 18.8 Å². The first-order valence-corrected chi connectivity index (χ1v) is 5.03. The molecule has 0 spiro atoms. The molecule has 88 valence electrons. The van der Waals surface area contributed by atoms with E-state index >= 15 is 0 Å². The predicted molar refractivity (Wildman–Crippen MR) is 58.6 cm³/mol. The molecular weight excluding hydrogens is 249 g/mol. The summed E-state index contributed by atoms with van der Waals surface area (Å²) in [4.78, 5) is 10.6. The maximum atomic E-state index is 13.6. The second kappa shape index (κ2) is 4.18. The average molecular weight is 256 g/mol. The lowest BCUT2D eigenvalue weighted by Gasteiger charge is -2.04. The second-order valence-corrected chi connectivity index (χ2v) is 3.81. The molecule has 0 fully saturated rings. The molecule has 0 saturated carbocycles. The van der Waals surface area contributed by atoms with Gasteiger partial charge in [0.25, 0.3) is 0 Å². The van der Waals surface area contributed by atoms with Gasteiger partial charge in [-0.3, -0.25) is 0 Å². The molecular formula is C11H7ClFNO3. The van der Waals surface area contributed by atoms with E-state index in [1.807, 2.05) is 0 Å². The topological polar surface area (TPSA) is 63.3 Å². The molecule has 0 amide bonds. The van der Waals surface area contributed by atoms with Gasteiger partial charge in [0.15, 0.2) is 0 Å². The lowest BCUT2D eigenvalue weighted by atomic mass is 10.1. The number of carbonyl (C=O) groups is 1. The van der Waals surface area contributed by atoms with Crippen molar-refractivity contribution in [2.75, 3.05) is 0 Å². The normalized spacial score (nSPS) is 10.5. The van der Waals surface area contributed by atoms with Gasteiger partial charge in [0, 0.05) is 6.07 Å². The summed E-state index contributed by atoms with van der Waals surface area (Å²) < 4.78 is 18.2. The van der Waals surface area contributed by atoms with Crippen molar-refractivity contribution >= 4 is 17.6 Å². The van der Waals surface area contributed by atoms with Crippen LogP contribution in [-0.4, -0.2) is 16.2 Å². The van der Waals surface area contributed by atoms with Gasteiger partial charge in [0.2, 0.25) is 5.76 Å². The van der Waals surface area contributed by atoms with Crippen LogP contribution in [0.1, 0.15) is 16.1 Å². The van der Waals surface area contributed by atoms with Crippen molar-refractivity contribution in [3.8, 4) is 11.3 Å². The summed E-state index contributed by atoms with van der Waals surface area (Å²) in [5.74, 6) is -2.21. The number of aromatic nitrogens is 1. The van der Waals surface area contributed by atoms with Gasteiger partial charge in [-0.05, 0) is 18.6 Å². The van der Waals surface area contributed by atoms with Crippen LogP contribution in [0.3, 0.4) is 0 Å². The summed E-state index contributed by atoms with van der Waals surface area (Å²) in [6, 6.07) is 3.90. The molecule has 2 rings (SSSR count). The molecule has 0 atom stereocenters. The minimum atomic E-state index is -1.27. The number of hydrogen-bond acceptors (Lipinski definition) is 3. The molecule has 4 nitrogen and oxygen atoms in total. The zero-order valence-corrected chi connectivity index (χ0v) is 9.45. The molecule has 1 heterocycles. The molecule has 1 aromatic carbocycles. The Morgan fingerprint density at radius 2 is 2.24 bits per heavy atom. The zero-order valence-electron chi connectivity index (χ0n) is 8.70. The highest BCUT2D eigenvalue weighted by Gasteiger charge is 2.18. The van der Waals surface area contributed by atoms with Crippen molar-refractivity contribution in [2.24, 2.45) is 0 Å². The van der Waals surface area contributed by atoms with Gasteiger partial charge in [0.05, 0.1) is 10.6 Å². The fourth-order valence-electron chi connectivity index (χ4n) is 1.39. The van der Waals surface area contributed by atoms with Crippen LogP contribution in [0.2, 0.25) is 5.02 Å².